The Hall–Kier alpha value is -4.20. The van der Waals surface area contributed by atoms with Crippen LogP contribution in [0.15, 0.2) is 75.0 Å². The maximum atomic E-state index is 12.0. The van der Waals surface area contributed by atoms with Crippen LogP contribution in [0.4, 0.5) is 11.6 Å². The average molecular weight is 381 g/mol. The first-order valence-electron chi connectivity index (χ1n) is 8.83. The molecule has 3 aromatic rings. The number of carbonyl (C=O) groups excluding carboxylic acids is 1. The Kier molecular flexibility index (Phi) is 5.43. The van der Waals surface area contributed by atoms with E-state index in [0.29, 0.717) is 28.0 Å². The molecule has 1 aliphatic heterocycles. The number of pyridine rings is 1. The van der Waals surface area contributed by atoms with Crippen LogP contribution in [-0.2, 0) is 4.79 Å². The van der Waals surface area contributed by atoms with Crippen LogP contribution in [0.5, 0.6) is 0 Å². The van der Waals surface area contributed by atoms with Gasteiger partial charge in [-0.3, -0.25) is 9.79 Å². The zero-order chi connectivity index (χ0) is 19.9. The fourth-order valence-electron chi connectivity index (χ4n) is 2.61. The quantitative estimate of drug-likeness (QED) is 0.594. The van der Waals surface area contributed by atoms with Gasteiger partial charge in [-0.2, -0.15) is 0 Å². The van der Waals surface area contributed by atoms with Gasteiger partial charge in [0, 0.05) is 31.3 Å². The molecule has 2 aromatic heterocycles. The first-order chi connectivity index (χ1) is 14.3. The number of amides is 1. The molecule has 0 unspecified atom stereocenters. The highest BCUT2D eigenvalue weighted by Gasteiger charge is 2.05. The van der Waals surface area contributed by atoms with Gasteiger partial charge in [-0.15, -0.1) is 0 Å². The summed E-state index contributed by atoms with van der Waals surface area (Å²) in [5.41, 5.74) is 1.21. The maximum Gasteiger partial charge on any atom is 0.249 e. The summed E-state index contributed by atoms with van der Waals surface area (Å²) in [5, 5.41) is 1.47. The molecule has 0 fully saturated rings. The third kappa shape index (κ3) is 4.56. The van der Waals surface area contributed by atoms with Gasteiger partial charge in [0.2, 0.25) is 5.91 Å². The summed E-state index contributed by atoms with van der Waals surface area (Å²) in [5.74, 6) is 0.653. The highest BCUT2D eigenvalue weighted by molar-refractivity contribution is 6.19. The van der Waals surface area contributed by atoms with Crippen LogP contribution in [0.1, 0.15) is 6.42 Å². The molecule has 1 aliphatic rings. The fourth-order valence-corrected chi connectivity index (χ4v) is 2.61. The summed E-state index contributed by atoms with van der Waals surface area (Å²) in [6.45, 7) is 0. The number of aromatic nitrogens is 3. The predicted molar refractivity (Wildman–Crippen MR) is 113 cm³/mol. The molecule has 140 valence electrons. The number of carbonyl (C=O) groups is 1. The van der Waals surface area contributed by atoms with Crippen LogP contribution in [0, 0.1) is 0 Å². The van der Waals surface area contributed by atoms with Gasteiger partial charge >= 0.3 is 0 Å². The van der Waals surface area contributed by atoms with Crippen LogP contribution in [0.25, 0.3) is 17.1 Å². The predicted octanol–water partition coefficient (Wildman–Crippen LogP) is 2.04. The Morgan fingerprint density at radius 2 is 1.83 bits per heavy atom. The smallest absolute Gasteiger partial charge is 0.249 e. The van der Waals surface area contributed by atoms with Gasteiger partial charge in [-0.1, -0.05) is 24.3 Å². The van der Waals surface area contributed by atoms with Gasteiger partial charge in [-0.05, 0) is 29.5 Å². The molecule has 8 heteroatoms. The van der Waals surface area contributed by atoms with Crippen molar-refractivity contribution in [3.63, 3.8) is 0 Å². The van der Waals surface area contributed by atoms with Crippen molar-refractivity contribution in [1.29, 1.82) is 0 Å². The van der Waals surface area contributed by atoms with Crippen molar-refractivity contribution in [2.24, 2.45) is 20.0 Å². The second-order valence-electron chi connectivity index (χ2n) is 5.90. The van der Waals surface area contributed by atoms with Gasteiger partial charge in [0.15, 0.2) is 11.6 Å². The Morgan fingerprint density at radius 1 is 0.897 bits per heavy atom. The number of rotatable bonds is 0. The summed E-state index contributed by atoms with van der Waals surface area (Å²) >= 11 is 0. The molecule has 0 aliphatic carbocycles. The molecule has 0 atom stereocenters. The Balaban J connectivity index is 1.93. The number of allylic oxidation sites excluding steroid dienone is 1. The lowest BCUT2D eigenvalue weighted by Crippen LogP contribution is -2.24. The number of aliphatic imine (C=N–C) groups is 3. The van der Waals surface area contributed by atoms with Crippen molar-refractivity contribution in [2.45, 2.75) is 6.42 Å². The third-order valence-electron chi connectivity index (χ3n) is 3.94. The van der Waals surface area contributed by atoms with E-state index in [2.05, 4.69) is 34.9 Å². The lowest BCUT2D eigenvalue weighted by molar-refractivity contribution is -0.116. The minimum atomic E-state index is -0.281. The topological polar surface area (TPSA) is 105 Å². The monoisotopic (exact) mass is 381 g/mol. The molecule has 2 bridgehead atoms. The molecule has 4 rings (SSSR count). The van der Waals surface area contributed by atoms with Gasteiger partial charge < -0.3 is 0 Å². The van der Waals surface area contributed by atoms with Gasteiger partial charge in [0.05, 0.1) is 10.9 Å². The Bertz CT molecular complexity index is 1310. The highest BCUT2D eigenvalue weighted by Crippen LogP contribution is 2.21. The summed E-state index contributed by atoms with van der Waals surface area (Å²) in [4.78, 5) is 41.8. The van der Waals surface area contributed by atoms with E-state index in [1.165, 1.54) is 25.0 Å². The summed E-state index contributed by atoms with van der Waals surface area (Å²) in [6, 6.07) is 11.1. The Labute approximate surface area is 165 Å². The lowest BCUT2D eigenvalue weighted by Gasteiger charge is -2.01. The SMILES string of the molecule is O=C1C/C=c2/cccc/c2=N/c2ncnc3ccc(nc23)\N=C/C=C\N=C/C=N\1. The van der Waals surface area contributed by atoms with Crippen LogP contribution >= 0.6 is 0 Å². The zero-order valence-corrected chi connectivity index (χ0v) is 15.3. The molecule has 0 radical (unpaired) electrons. The molecule has 1 amide bonds. The number of nitrogens with zero attached hydrogens (tertiary/aromatic N) is 7. The van der Waals surface area contributed by atoms with Gasteiger partial charge in [-0.25, -0.2) is 29.9 Å². The highest BCUT2D eigenvalue weighted by atomic mass is 16.1. The number of para-hydroxylation sites is 1. The largest absolute Gasteiger partial charge is 0.272 e. The van der Waals surface area contributed by atoms with Crippen LogP contribution < -0.4 is 10.6 Å². The van der Waals surface area contributed by atoms with Crippen molar-refractivity contribution in [3.05, 3.63) is 65.6 Å². The standard InChI is InChI=1S/C21H15N7O/c29-19-9-6-15-4-1-2-5-16(15)27-21-20-17(25-14-26-21)7-8-18(28-20)23-11-3-10-22-12-13-24-19/h1-8,10-14H,9H2/b10-3-,15-6-,22-12-,23-11-,24-13-,27-16-. The van der Waals surface area contributed by atoms with Crippen molar-refractivity contribution in [2.75, 3.05) is 0 Å². The molecule has 0 spiro atoms. The molecule has 3 heterocycles. The van der Waals surface area contributed by atoms with E-state index in [9.17, 15) is 4.79 Å². The van der Waals surface area contributed by atoms with Gasteiger partial charge in [0.1, 0.15) is 11.8 Å². The number of hydrogen-bond acceptors (Lipinski definition) is 7. The zero-order valence-electron chi connectivity index (χ0n) is 15.3. The van der Waals surface area contributed by atoms with E-state index < -0.39 is 0 Å². The first kappa shape index (κ1) is 18.2. The van der Waals surface area contributed by atoms with E-state index in [1.54, 1.807) is 24.4 Å². The van der Waals surface area contributed by atoms with Crippen LogP contribution in [0.2, 0.25) is 0 Å². The molecule has 0 N–H and O–H groups in total. The third-order valence-corrected chi connectivity index (χ3v) is 3.94. The first-order valence-corrected chi connectivity index (χ1v) is 8.83. The number of hydrogen-bond donors (Lipinski definition) is 0. The summed E-state index contributed by atoms with van der Waals surface area (Å²) in [7, 11) is 0. The van der Waals surface area contributed by atoms with E-state index in [-0.39, 0.29) is 12.3 Å². The minimum absolute atomic E-state index is 0.145. The van der Waals surface area contributed by atoms with E-state index in [0.717, 1.165) is 5.22 Å². The van der Waals surface area contributed by atoms with Crippen LogP contribution in [-0.4, -0.2) is 39.5 Å². The molecular weight excluding hydrogens is 366 g/mol. The van der Waals surface area contributed by atoms with Crippen molar-refractivity contribution in [3.8, 4) is 0 Å². The number of benzene rings is 1. The van der Waals surface area contributed by atoms with Crippen molar-refractivity contribution in [1.82, 2.24) is 15.0 Å². The minimum Gasteiger partial charge on any atom is -0.272 e. The second kappa shape index (κ2) is 8.66. The molecule has 29 heavy (non-hydrogen) atoms. The fraction of sp³-hybridized carbons (Fsp3) is 0.0476. The second-order valence-corrected chi connectivity index (χ2v) is 5.90. The molecule has 8 nitrogen and oxygen atoms in total. The molecular formula is C21H15N7O. The van der Waals surface area contributed by atoms with E-state index in [4.69, 9.17) is 0 Å². The molecule has 1 aromatic carbocycles. The van der Waals surface area contributed by atoms with Crippen molar-refractivity contribution < 1.29 is 4.79 Å². The van der Waals surface area contributed by atoms with E-state index in [1.807, 2.05) is 30.3 Å². The average Bonchev–Trinajstić information content (AvgIpc) is 2.74. The summed E-state index contributed by atoms with van der Waals surface area (Å²) < 4.78 is 0. The van der Waals surface area contributed by atoms with Crippen molar-refractivity contribution >= 4 is 53.3 Å². The maximum absolute atomic E-state index is 12.0. The van der Waals surface area contributed by atoms with Crippen LogP contribution in [0.3, 0.4) is 0 Å². The molecule has 0 saturated carbocycles. The summed E-state index contributed by atoms with van der Waals surface area (Å²) in [6.07, 6.45) is 10.9. The van der Waals surface area contributed by atoms with Gasteiger partial charge in [0.25, 0.3) is 0 Å². The van der Waals surface area contributed by atoms with E-state index >= 15 is 0 Å². The molecule has 0 saturated heterocycles. The normalized spacial score (nSPS) is 20.9. The Morgan fingerprint density at radius 3 is 2.79 bits per heavy atom. The lowest BCUT2D eigenvalue weighted by atomic mass is 10.2. The number of fused-ring (bicyclic) bond motifs is 2.